The summed E-state index contributed by atoms with van der Waals surface area (Å²) in [6.07, 6.45) is 5.15. The zero-order valence-corrected chi connectivity index (χ0v) is 12.7. The highest BCUT2D eigenvalue weighted by Gasteiger charge is 2.33. The van der Waals surface area contributed by atoms with Crippen molar-refractivity contribution >= 4 is 28.6 Å². The maximum atomic E-state index is 6.02. The SMILES string of the molecule is Cc1ccc(Br)cc1OCC1(CS)CCCC1. The summed E-state index contributed by atoms with van der Waals surface area (Å²) in [4.78, 5) is 0. The fraction of sp³-hybridized carbons (Fsp3) is 0.571. The van der Waals surface area contributed by atoms with Crippen LogP contribution in [0, 0.1) is 12.3 Å². The van der Waals surface area contributed by atoms with Gasteiger partial charge >= 0.3 is 0 Å². The molecule has 0 atom stereocenters. The van der Waals surface area contributed by atoms with E-state index in [2.05, 4.69) is 47.6 Å². The Bertz CT molecular complexity index is 386. The number of aryl methyl sites for hydroxylation is 1. The van der Waals surface area contributed by atoms with Crippen molar-refractivity contribution in [3.63, 3.8) is 0 Å². The second kappa shape index (κ2) is 5.66. The van der Waals surface area contributed by atoms with Crippen LogP contribution in [0.3, 0.4) is 0 Å². The maximum absolute atomic E-state index is 6.02. The van der Waals surface area contributed by atoms with Gasteiger partial charge in [0.15, 0.2) is 0 Å². The van der Waals surface area contributed by atoms with Crippen molar-refractivity contribution in [1.82, 2.24) is 0 Å². The van der Waals surface area contributed by atoms with E-state index in [9.17, 15) is 0 Å². The van der Waals surface area contributed by atoms with E-state index in [1.807, 2.05) is 6.07 Å². The highest BCUT2D eigenvalue weighted by molar-refractivity contribution is 9.10. The van der Waals surface area contributed by atoms with Crippen molar-refractivity contribution in [2.24, 2.45) is 5.41 Å². The fourth-order valence-electron chi connectivity index (χ4n) is 2.43. The molecule has 1 saturated carbocycles. The van der Waals surface area contributed by atoms with E-state index in [1.165, 1.54) is 31.2 Å². The minimum absolute atomic E-state index is 0.303. The van der Waals surface area contributed by atoms with E-state index < -0.39 is 0 Å². The van der Waals surface area contributed by atoms with Crippen LogP contribution in [0.4, 0.5) is 0 Å². The Labute approximate surface area is 117 Å². The molecule has 0 aromatic heterocycles. The molecule has 3 heteroatoms. The summed E-state index contributed by atoms with van der Waals surface area (Å²) in [7, 11) is 0. The Morgan fingerprint density at radius 3 is 2.71 bits per heavy atom. The monoisotopic (exact) mass is 314 g/mol. The largest absolute Gasteiger partial charge is 0.493 e. The lowest BCUT2D eigenvalue weighted by molar-refractivity contribution is 0.172. The smallest absolute Gasteiger partial charge is 0.123 e. The molecule has 0 bridgehead atoms. The molecule has 0 spiro atoms. The van der Waals surface area contributed by atoms with Gasteiger partial charge in [0.05, 0.1) is 6.61 Å². The number of thiol groups is 1. The average molecular weight is 315 g/mol. The second-order valence-electron chi connectivity index (χ2n) is 5.06. The van der Waals surface area contributed by atoms with E-state index >= 15 is 0 Å². The van der Waals surface area contributed by atoms with Crippen LogP contribution < -0.4 is 4.74 Å². The molecule has 0 saturated heterocycles. The van der Waals surface area contributed by atoms with Crippen molar-refractivity contribution in [3.05, 3.63) is 28.2 Å². The molecule has 0 aliphatic heterocycles. The predicted molar refractivity (Wildman–Crippen MR) is 79.1 cm³/mol. The molecule has 0 heterocycles. The predicted octanol–water partition coefficient (Wildman–Crippen LogP) is 4.63. The first-order valence-electron chi connectivity index (χ1n) is 6.15. The Balaban J connectivity index is 2.03. The molecule has 94 valence electrons. The molecular formula is C14H19BrOS. The van der Waals surface area contributed by atoms with E-state index in [1.54, 1.807) is 0 Å². The molecule has 2 rings (SSSR count). The highest BCUT2D eigenvalue weighted by Crippen LogP contribution is 2.39. The first-order chi connectivity index (χ1) is 8.15. The van der Waals surface area contributed by atoms with Crippen LogP contribution in [0.15, 0.2) is 22.7 Å². The van der Waals surface area contributed by atoms with Crippen molar-refractivity contribution < 1.29 is 4.74 Å². The van der Waals surface area contributed by atoms with E-state index in [0.717, 1.165) is 22.6 Å². The van der Waals surface area contributed by atoms with Gasteiger partial charge in [-0.15, -0.1) is 0 Å². The van der Waals surface area contributed by atoms with Crippen molar-refractivity contribution in [3.8, 4) is 5.75 Å². The summed E-state index contributed by atoms with van der Waals surface area (Å²) in [6.45, 7) is 2.89. The Kier molecular flexibility index (Phi) is 4.42. The molecule has 0 N–H and O–H groups in total. The summed E-state index contributed by atoms with van der Waals surface area (Å²) >= 11 is 7.99. The second-order valence-corrected chi connectivity index (χ2v) is 6.30. The van der Waals surface area contributed by atoms with Crippen LogP contribution in [0.25, 0.3) is 0 Å². The molecule has 17 heavy (non-hydrogen) atoms. The van der Waals surface area contributed by atoms with E-state index in [0.29, 0.717) is 5.41 Å². The first kappa shape index (κ1) is 13.3. The summed E-state index contributed by atoms with van der Waals surface area (Å²) < 4.78 is 7.09. The van der Waals surface area contributed by atoms with Gasteiger partial charge in [-0.1, -0.05) is 34.8 Å². The molecule has 1 aromatic carbocycles. The van der Waals surface area contributed by atoms with Crippen molar-refractivity contribution in [2.45, 2.75) is 32.6 Å². The zero-order valence-electron chi connectivity index (χ0n) is 10.2. The Morgan fingerprint density at radius 2 is 2.06 bits per heavy atom. The van der Waals surface area contributed by atoms with Crippen LogP contribution in [0.5, 0.6) is 5.75 Å². The molecule has 1 aliphatic carbocycles. The molecule has 1 nitrogen and oxygen atoms in total. The minimum Gasteiger partial charge on any atom is -0.493 e. The van der Waals surface area contributed by atoms with Crippen molar-refractivity contribution in [1.29, 1.82) is 0 Å². The van der Waals surface area contributed by atoms with E-state index in [4.69, 9.17) is 4.74 Å². The number of halogens is 1. The summed E-state index contributed by atoms with van der Waals surface area (Å²) in [6, 6.07) is 6.18. The van der Waals surface area contributed by atoms with Gasteiger partial charge in [-0.2, -0.15) is 12.6 Å². The van der Waals surface area contributed by atoms with Gasteiger partial charge in [-0.3, -0.25) is 0 Å². The summed E-state index contributed by atoms with van der Waals surface area (Å²) in [5.74, 6) is 1.92. The van der Waals surface area contributed by atoms with Gasteiger partial charge in [0.25, 0.3) is 0 Å². The summed E-state index contributed by atoms with van der Waals surface area (Å²) in [5.41, 5.74) is 1.50. The third kappa shape index (κ3) is 3.19. The van der Waals surface area contributed by atoms with Gasteiger partial charge in [-0.25, -0.2) is 0 Å². The van der Waals surface area contributed by atoms with Gasteiger partial charge in [0.2, 0.25) is 0 Å². The van der Waals surface area contributed by atoms with Crippen LogP contribution in [0.2, 0.25) is 0 Å². The van der Waals surface area contributed by atoms with Gasteiger partial charge in [0, 0.05) is 9.89 Å². The number of hydrogen-bond donors (Lipinski definition) is 1. The number of rotatable bonds is 4. The minimum atomic E-state index is 0.303. The molecular weight excluding hydrogens is 296 g/mol. The Hall–Kier alpha value is -0.150. The standard InChI is InChI=1S/C14H19BrOS/c1-11-4-5-12(15)8-13(11)16-9-14(10-17)6-2-3-7-14/h4-5,8,17H,2-3,6-7,9-10H2,1H3. The number of hydrogen-bond acceptors (Lipinski definition) is 2. The molecule has 1 aromatic rings. The normalized spacial score (nSPS) is 18.3. The molecule has 1 fully saturated rings. The van der Waals surface area contributed by atoms with Crippen molar-refractivity contribution in [2.75, 3.05) is 12.4 Å². The summed E-state index contributed by atoms with van der Waals surface area (Å²) in [5, 5.41) is 0. The maximum Gasteiger partial charge on any atom is 0.123 e. The van der Waals surface area contributed by atoms with Gasteiger partial charge in [-0.05, 0) is 43.2 Å². The molecule has 0 radical (unpaired) electrons. The first-order valence-corrected chi connectivity index (χ1v) is 7.58. The number of ether oxygens (including phenoxy) is 1. The van der Waals surface area contributed by atoms with Gasteiger partial charge < -0.3 is 4.74 Å². The quantitative estimate of drug-likeness (QED) is 0.797. The van der Waals surface area contributed by atoms with Gasteiger partial charge in [0.1, 0.15) is 5.75 Å². The molecule has 0 unspecified atom stereocenters. The lowest BCUT2D eigenvalue weighted by Gasteiger charge is -2.27. The van der Waals surface area contributed by atoms with E-state index in [-0.39, 0.29) is 0 Å². The molecule has 0 amide bonds. The zero-order chi connectivity index (χ0) is 12.3. The lowest BCUT2D eigenvalue weighted by Crippen LogP contribution is -2.27. The highest BCUT2D eigenvalue weighted by atomic mass is 79.9. The average Bonchev–Trinajstić information content (AvgIpc) is 2.80. The topological polar surface area (TPSA) is 9.23 Å². The van der Waals surface area contributed by atoms with Crippen LogP contribution in [0.1, 0.15) is 31.2 Å². The fourth-order valence-corrected chi connectivity index (χ4v) is 3.18. The number of benzene rings is 1. The molecule has 1 aliphatic rings. The van der Waals surface area contributed by atoms with Crippen LogP contribution in [-0.2, 0) is 0 Å². The Morgan fingerprint density at radius 1 is 1.35 bits per heavy atom. The lowest BCUT2D eigenvalue weighted by atomic mass is 9.90. The van der Waals surface area contributed by atoms with Crippen LogP contribution in [-0.4, -0.2) is 12.4 Å². The third-order valence-corrected chi connectivity index (χ3v) is 4.85. The third-order valence-electron chi connectivity index (χ3n) is 3.68. The van der Waals surface area contributed by atoms with Crippen LogP contribution >= 0.6 is 28.6 Å².